The molecule has 1 aromatic carbocycles. The van der Waals surface area contributed by atoms with Gasteiger partial charge < -0.3 is 40.2 Å². The van der Waals surface area contributed by atoms with Crippen molar-refractivity contribution < 1.29 is 43.3 Å². The van der Waals surface area contributed by atoms with E-state index in [1.807, 2.05) is 12.2 Å². The number of carboxylic acids is 1. The van der Waals surface area contributed by atoms with Gasteiger partial charge in [0.15, 0.2) is 5.13 Å². The zero-order valence-electron chi connectivity index (χ0n) is 31.0. The van der Waals surface area contributed by atoms with Crippen LogP contribution in [0.2, 0.25) is 0 Å². The molecule has 288 valence electrons. The monoisotopic (exact) mass is 762 g/mol. The molecule has 3 aliphatic rings. The van der Waals surface area contributed by atoms with Crippen LogP contribution in [0.3, 0.4) is 0 Å². The molecule has 54 heavy (non-hydrogen) atoms. The van der Waals surface area contributed by atoms with E-state index in [1.165, 1.54) is 23.2 Å². The summed E-state index contributed by atoms with van der Waals surface area (Å²) in [4.78, 5) is 76.9. The fraction of sp³-hybridized carbons (Fsp3) is 0.500. The summed E-state index contributed by atoms with van der Waals surface area (Å²) in [7, 11) is 1.55. The predicted octanol–water partition coefficient (Wildman–Crippen LogP) is 5.05. The second kappa shape index (κ2) is 15.6. The van der Waals surface area contributed by atoms with E-state index in [0.29, 0.717) is 50.9 Å². The number of amides is 4. The van der Waals surface area contributed by atoms with Crippen molar-refractivity contribution in [1.29, 1.82) is 0 Å². The number of alkyl carbamates (subject to hydrolysis) is 1. The van der Waals surface area contributed by atoms with Gasteiger partial charge in [-0.2, -0.15) is 0 Å². The summed E-state index contributed by atoms with van der Waals surface area (Å²) < 4.78 is 17.6. The normalized spacial score (nSPS) is 25.2. The number of carbonyl (C=O) groups is 5. The molecule has 2 aliphatic heterocycles. The first-order valence-corrected chi connectivity index (χ1v) is 18.9. The molecular formula is C38H46N6O9S. The lowest BCUT2D eigenvalue weighted by atomic mass is 10.0. The maximum absolute atomic E-state index is 14.4. The van der Waals surface area contributed by atoms with Crippen molar-refractivity contribution in [2.24, 2.45) is 5.92 Å². The van der Waals surface area contributed by atoms with E-state index >= 15 is 0 Å². The minimum atomic E-state index is -1.48. The van der Waals surface area contributed by atoms with E-state index in [0.717, 1.165) is 19.3 Å². The summed E-state index contributed by atoms with van der Waals surface area (Å²) in [6.07, 6.45) is 7.49. The quantitative estimate of drug-likeness (QED) is 0.235. The first kappa shape index (κ1) is 38.5. The lowest BCUT2D eigenvalue weighted by Gasteiger charge is -2.30. The van der Waals surface area contributed by atoms with E-state index in [4.69, 9.17) is 19.2 Å². The topological polar surface area (TPSA) is 198 Å². The van der Waals surface area contributed by atoms with Gasteiger partial charge in [0, 0.05) is 43.0 Å². The molecule has 0 radical (unpaired) electrons. The lowest BCUT2D eigenvalue weighted by Crippen LogP contribution is -2.56. The second-order valence-electron chi connectivity index (χ2n) is 14.9. The molecule has 2 fully saturated rings. The molecule has 16 heteroatoms. The Bertz CT molecular complexity index is 1980. The van der Waals surface area contributed by atoms with Crippen LogP contribution in [0.25, 0.3) is 21.5 Å². The highest BCUT2D eigenvalue weighted by atomic mass is 32.1. The van der Waals surface area contributed by atoms with Crippen molar-refractivity contribution in [2.75, 3.05) is 19.0 Å². The number of thiazole rings is 1. The molecule has 0 spiro atoms. The number of nitrogens with zero attached hydrogens (tertiary/aromatic N) is 3. The summed E-state index contributed by atoms with van der Waals surface area (Å²) in [6.45, 7) is 6.56. The Balaban J connectivity index is 1.34. The van der Waals surface area contributed by atoms with Crippen molar-refractivity contribution >= 4 is 57.2 Å². The Labute approximate surface area is 316 Å². The van der Waals surface area contributed by atoms with E-state index in [1.54, 1.807) is 58.3 Å². The van der Waals surface area contributed by atoms with Gasteiger partial charge in [-0.25, -0.2) is 19.6 Å². The van der Waals surface area contributed by atoms with Crippen molar-refractivity contribution in [3.8, 4) is 22.1 Å². The second-order valence-corrected chi connectivity index (χ2v) is 16.0. The van der Waals surface area contributed by atoms with Crippen LogP contribution >= 0.6 is 11.3 Å². The Kier molecular flexibility index (Phi) is 11.1. The predicted molar refractivity (Wildman–Crippen MR) is 200 cm³/mol. The van der Waals surface area contributed by atoms with E-state index < -0.39 is 53.2 Å². The first-order valence-electron chi connectivity index (χ1n) is 18.1. The van der Waals surface area contributed by atoms with E-state index in [9.17, 15) is 29.1 Å². The number of carbonyl (C=O) groups excluding carboxylic acids is 4. The lowest BCUT2D eigenvalue weighted by molar-refractivity contribution is -0.145. The van der Waals surface area contributed by atoms with E-state index in [-0.39, 0.29) is 31.2 Å². The summed E-state index contributed by atoms with van der Waals surface area (Å²) in [5.74, 6) is -1.88. The average molecular weight is 763 g/mol. The molecule has 6 rings (SSSR count). The SMILES string of the molecule is COc1ccc2c(O[C@@H]3CC4C(=O)NC5(C(=O)O)CC5/C=C\CCCCCC(NC(=O)OC(C)(C)C)C(=O)N4C3)cc(-c3cnc(NC(C)=O)s3)nc2c1. The molecule has 15 nitrogen and oxygen atoms in total. The summed E-state index contributed by atoms with van der Waals surface area (Å²) >= 11 is 1.24. The molecule has 0 bridgehead atoms. The Morgan fingerprint density at radius 3 is 2.65 bits per heavy atom. The Morgan fingerprint density at radius 1 is 1.13 bits per heavy atom. The van der Waals surface area contributed by atoms with Gasteiger partial charge in [-0.1, -0.05) is 36.3 Å². The highest BCUT2D eigenvalue weighted by molar-refractivity contribution is 7.19. The highest BCUT2D eigenvalue weighted by Crippen LogP contribution is 2.45. The fourth-order valence-corrected chi connectivity index (χ4v) is 7.73. The highest BCUT2D eigenvalue weighted by Gasteiger charge is 2.61. The van der Waals surface area contributed by atoms with Gasteiger partial charge in [-0.15, -0.1) is 0 Å². The number of hydrogen-bond acceptors (Lipinski definition) is 11. The molecule has 4 N–H and O–H groups in total. The summed E-state index contributed by atoms with van der Waals surface area (Å²) in [5.41, 5.74) is -1.22. The maximum atomic E-state index is 14.4. The molecule has 1 saturated heterocycles. The number of nitrogens with one attached hydrogen (secondary N) is 3. The Hall–Kier alpha value is -5.25. The third kappa shape index (κ3) is 8.75. The molecule has 3 aromatic rings. The number of allylic oxidation sites excluding steroid dienone is 1. The number of pyridine rings is 1. The third-order valence-electron chi connectivity index (χ3n) is 9.63. The molecule has 4 heterocycles. The summed E-state index contributed by atoms with van der Waals surface area (Å²) in [6, 6.07) is 4.99. The number of fused-ring (bicyclic) bond motifs is 3. The number of aromatic nitrogens is 2. The van der Waals surface area contributed by atoms with E-state index in [2.05, 4.69) is 20.9 Å². The number of methoxy groups -OCH3 is 1. The average Bonchev–Trinajstić information content (AvgIpc) is 3.38. The van der Waals surface area contributed by atoms with Crippen LogP contribution in [0.4, 0.5) is 9.93 Å². The summed E-state index contributed by atoms with van der Waals surface area (Å²) in [5, 5.41) is 19.5. The number of aliphatic carboxylic acids is 1. The molecule has 4 unspecified atom stereocenters. The van der Waals surface area contributed by atoms with Gasteiger partial charge in [-0.05, 0) is 58.6 Å². The fourth-order valence-electron chi connectivity index (χ4n) is 6.90. The van der Waals surface area contributed by atoms with Crippen LogP contribution < -0.4 is 25.4 Å². The van der Waals surface area contributed by atoms with Crippen LogP contribution in [0.5, 0.6) is 11.5 Å². The number of carboxylic acid groups (broad SMARTS) is 1. The molecule has 1 saturated carbocycles. The van der Waals surface area contributed by atoms with Gasteiger partial charge in [0.05, 0.1) is 29.7 Å². The number of benzene rings is 1. The Morgan fingerprint density at radius 2 is 1.93 bits per heavy atom. The van der Waals surface area contributed by atoms with Gasteiger partial charge >= 0.3 is 12.1 Å². The van der Waals surface area contributed by atoms with Crippen LogP contribution in [0.15, 0.2) is 42.6 Å². The third-order valence-corrected chi connectivity index (χ3v) is 10.6. The minimum absolute atomic E-state index is 0.0185. The maximum Gasteiger partial charge on any atom is 0.408 e. The minimum Gasteiger partial charge on any atom is -0.497 e. The number of rotatable bonds is 7. The zero-order valence-corrected chi connectivity index (χ0v) is 31.8. The van der Waals surface area contributed by atoms with Crippen molar-refractivity contribution in [3.63, 3.8) is 0 Å². The molecule has 1 aliphatic carbocycles. The van der Waals surface area contributed by atoms with Gasteiger partial charge in [0.25, 0.3) is 0 Å². The van der Waals surface area contributed by atoms with Gasteiger partial charge in [0.2, 0.25) is 17.7 Å². The van der Waals surface area contributed by atoms with Gasteiger partial charge in [0.1, 0.15) is 40.8 Å². The van der Waals surface area contributed by atoms with Crippen molar-refractivity contribution in [2.45, 2.75) is 102 Å². The number of anilines is 1. The smallest absolute Gasteiger partial charge is 0.408 e. The van der Waals surface area contributed by atoms with Crippen molar-refractivity contribution in [1.82, 2.24) is 25.5 Å². The molecule has 2 aromatic heterocycles. The van der Waals surface area contributed by atoms with Crippen LogP contribution in [-0.4, -0.2) is 92.7 Å². The number of ether oxygens (including phenoxy) is 3. The largest absolute Gasteiger partial charge is 0.497 e. The first-order chi connectivity index (χ1) is 25.7. The standard InChI is InChI=1S/C38H46N6O9S/c1-21(45)40-35-39-19-31(54-35)28-17-30(25-14-13-23(51-5)15-27(25)41-28)52-24-16-29-32(46)43-38(34(48)49)18-22(38)11-9-7-6-8-10-12-26(33(47)44(29)20-24)42-36(50)53-37(2,3)4/h9,11,13-15,17,19,22,24,26,29H,6-8,10,12,16,18,20H2,1-5H3,(H,42,50)(H,43,46)(H,48,49)(H,39,40,45)/b11-9-/t22?,24-,26?,29?,38?/m1/s1. The molecular weight excluding hydrogens is 717 g/mol. The van der Waals surface area contributed by atoms with Crippen LogP contribution in [-0.2, 0) is 23.9 Å². The van der Waals surface area contributed by atoms with Crippen LogP contribution in [0.1, 0.15) is 72.6 Å². The zero-order chi connectivity index (χ0) is 38.8. The van der Waals surface area contributed by atoms with Crippen molar-refractivity contribution in [3.05, 3.63) is 42.6 Å². The van der Waals surface area contributed by atoms with Crippen LogP contribution in [0, 0.1) is 5.92 Å². The molecule has 5 atom stereocenters. The number of hydrogen-bond donors (Lipinski definition) is 4. The molecule has 4 amide bonds. The van der Waals surface area contributed by atoms with Gasteiger partial charge in [-0.3, -0.25) is 14.4 Å².